The third-order valence-electron chi connectivity index (χ3n) is 2.03. The normalized spacial score (nSPS) is 10.6. The van der Waals surface area contributed by atoms with Crippen molar-refractivity contribution in [2.45, 2.75) is 6.92 Å². The smallest absolute Gasteiger partial charge is 0.323 e. The Morgan fingerprint density at radius 3 is 3.00 bits per heavy atom. The van der Waals surface area contributed by atoms with E-state index in [-0.39, 0.29) is 6.54 Å². The van der Waals surface area contributed by atoms with Crippen LogP contribution in [0.15, 0.2) is 10.8 Å². The van der Waals surface area contributed by atoms with Crippen molar-refractivity contribution in [2.24, 2.45) is 0 Å². The van der Waals surface area contributed by atoms with Crippen molar-refractivity contribution in [3.05, 3.63) is 12.2 Å². The maximum atomic E-state index is 10.6. The summed E-state index contributed by atoms with van der Waals surface area (Å²) in [6.07, 6.45) is 1.26. The second-order valence-electron chi connectivity index (χ2n) is 3.35. The molecule has 1 N–H and O–H groups in total. The highest BCUT2D eigenvalue weighted by Gasteiger charge is 2.15. The zero-order valence-corrected chi connectivity index (χ0v) is 8.84. The van der Waals surface area contributed by atoms with Crippen molar-refractivity contribution in [3.63, 3.8) is 0 Å². The Hall–Kier alpha value is -2.18. The van der Waals surface area contributed by atoms with Gasteiger partial charge in [0.2, 0.25) is 0 Å². The van der Waals surface area contributed by atoms with E-state index >= 15 is 0 Å². The fourth-order valence-electron chi connectivity index (χ4n) is 1.39. The van der Waals surface area contributed by atoms with Crippen LogP contribution in [0.25, 0.3) is 11.2 Å². The molecule has 0 aliphatic rings. The van der Waals surface area contributed by atoms with Gasteiger partial charge in [0.25, 0.3) is 5.71 Å². The highest BCUT2D eigenvalue weighted by molar-refractivity contribution is 5.84. The molecule has 2 rings (SSSR count). The minimum atomic E-state index is -0.935. The number of carboxylic acid groups (broad SMARTS) is 1. The molecule has 7 heteroatoms. The lowest BCUT2D eigenvalue weighted by molar-refractivity contribution is -0.135. The minimum absolute atomic E-state index is 0.154. The summed E-state index contributed by atoms with van der Waals surface area (Å²) in [4.78, 5) is 24.3. The molecule has 0 atom stereocenters. The fraction of sp³-hybridized carbons (Fsp3) is 0.333. The van der Waals surface area contributed by atoms with Gasteiger partial charge in [0, 0.05) is 7.05 Å². The molecule has 0 amide bonds. The lowest BCUT2D eigenvalue weighted by Crippen LogP contribution is -2.26. The van der Waals surface area contributed by atoms with E-state index in [1.54, 1.807) is 14.0 Å². The van der Waals surface area contributed by atoms with E-state index < -0.39 is 5.97 Å². The summed E-state index contributed by atoms with van der Waals surface area (Å²) < 4.78 is 5.06. The van der Waals surface area contributed by atoms with Crippen LogP contribution in [0, 0.1) is 6.92 Å². The Morgan fingerprint density at radius 2 is 2.31 bits per heavy atom. The SMILES string of the molecule is Cc1nc(N(C)CC(=O)O)c2ncoc2n1. The summed E-state index contributed by atoms with van der Waals surface area (Å²) in [5.41, 5.74) is 0.828. The van der Waals surface area contributed by atoms with Crippen LogP contribution < -0.4 is 4.90 Å². The van der Waals surface area contributed by atoms with Gasteiger partial charge in [-0.15, -0.1) is 0 Å². The summed E-state index contributed by atoms with van der Waals surface area (Å²) >= 11 is 0. The van der Waals surface area contributed by atoms with Gasteiger partial charge in [0.1, 0.15) is 12.4 Å². The van der Waals surface area contributed by atoms with Crippen molar-refractivity contribution < 1.29 is 14.3 Å². The number of fused-ring (bicyclic) bond motifs is 1. The first kappa shape index (κ1) is 10.3. The highest BCUT2D eigenvalue weighted by Crippen LogP contribution is 2.20. The molecule has 0 aliphatic heterocycles. The van der Waals surface area contributed by atoms with Gasteiger partial charge in [-0.1, -0.05) is 0 Å². The third-order valence-corrected chi connectivity index (χ3v) is 2.03. The predicted molar refractivity (Wildman–Crippen MR) is 55.2 cm³/mol. The second-order valence-corrected chi connectivity index (χ2v) is 3.35. The topological polar surface area (TPSA) is 92.4 Å². The average molecular weight is 222 g/mol. The Morgan fingerprint density at radius 1 is 1.56 bits per heavy atom. The molecule has 0 unspecified atom stereocenters. The predicted octanol–water partition coefficient (Wildman–Crippen LogP) is 0.447. The van der Waals surface area contributed by atoms with Crippen LogP contribution in [0.5, 0.6) is 0 Å². The molecule has 0 aliphatic carbocycles. The van der Waals surface area contributed by atoms with Crippen LogP contribution in [0.4, 0.5) is 5.82 Å². The number of anilines is 1. The zero-order valence-electron chi connectivity index (χ0n) is 8.84. The molecular weight excluding hydrogens is 212 g/mol. The molecule has 0 fully saturated rings. The third kappa shape index (κ3) is 1.79. The number of oxazole rings is 1. The largest absolute Gasteiger partial charge is 0.480 e. The van der Waals surface area contributed by atoms with E-state index in [0.717, 1.165) is 0 Å². The van der Waals surface area contributed by atoms with Gasteiger partial charge in [-0.05, 0) is 6.92 Å². The first-order chi connectivity index (χ1) is 7.58. The molecule has 16 heavy (non-hydrogen) atoms. The number of carboxylic acids is 1. The summed E-state index contributed by atoms with van der Waals surface area (Å²) in [7, 11) is 1.63. The van der Waals surface area contributed by atoms with Gasteiger partial charge in [-0.2, -0.15) is 4.98 Å². The minimum Gasteiger partial charge on any atom is -0.480 e. The molecule has 84 valence electrons. The molecular formula is C9H10N4O3. The second kappa shape index (κ2) is 3.76. The Bertz CT molecular complexity index is 537. The van der Waals surface area contributed by atoms with E-state index in [9.17, 15) is 4.79 Å². The van der Waals surface area contributed by atoms with E-state index in [0.29, 0.717) is 22.9 Å². The van der Waals surface area contributed by atoms with Gasteiger partial charge < -0.3 is 14.4 Å². The van der Waals surface area contributed by atoms with Crippen molar-refractivity contribution in [2.75, 3.05) is 18.5 Å². The van der Waals surface area contributed by atoms with Crippen LogP contribution in [0.3, 0.4) is 0 Å². The Kier molecular flexibility index (Phi) is 2.43. The number of carbonyl (C=O) groups is 1. The number of hydrogen-bond acceptors (Lipinski definition) is 6. The van der Waals surface area contributed by atoms with Crippen LogP contribution in [-0.4, -0.2) is 39.6 Å². The van der Waals surface area contributed by atoms with Crippen molar-refractivity contribution in [1.29, 1.82) is 0 Å². The molecule has 2 aromatic rings. The average Bonchev–Trinajstić information content (AvgIpc) is 2.62. The number of aryl methyl sites for hydroxylation is 1. The number of aliphatic carboxylic acids is 1. The molecule has 2 heterocycles. The van der Waals surface area contributed by atoms with Crippen molar-refractivity contribution in [1.82, 2.24) is 15.0 Å². The molecule has 0 saturated carbocycles. The number of likely N-dealkylation sites (N-methyl/N-ethyl adjacent to an activating group) is 1. The Labute approximate surface area is 90.7 Å². The number of hydrogen-bond donors (Lipinski definition) is 1. The van der Waals surface area contributed by atoms with Crippen LogP contribution in [-0.2, 0) is 4.79 Å². The molecule has 0 saturated heterocycles. The van der Waals surface area contributed by atoms with Crippen LogP contribution in [0.2, 0.25) is 0 Å². The standard InChI is InChI=1S/C9H10N4O3/c1-5-11-8(13(2)3-6(14)15)7-9(12-5)16-4-10-7/h4H,3H2,1-2H3,(H,14,15). The summed E-state index contributed by atoms with van der Waals surface area (Å²) in [6.45, 7) is 1.55. The first-order valence-electron chi connectivity index (χ1n) is 4.58. The molecule has 0 spiro atoms. The molecule has 7 nitrogen and oxygen atoms in total. The lowest BCUT2D eigenvalue weighted by Gasteiger charge is -2.15. The van der Waals surface area contributed by atoms with Gasteiger partial charge in [0.05, 0.1) is 0 Å². The van der Waals surface area contributed by atoms with Gasteiger partial charge >= 0.3 is 5.97 Å². The van der Waals surface area contributed by atoms with Gasteiger partial charge in [0.15, 0.2) is 17.7 Å². The highest BCUT2D eigenvalue weighted by atomic mass is 16.4. The van der Waals surface area contributed by atoms with Crippen molar-refractivity contribution in [3.8, 4) is 0 Å². The van der Waals surface area contributed by atoms with Gasteiger partial charge in [-0.25, -0.2) is 9.97 Å². The Balaban J connectivity index is 2.49. The quantitative estimate of drug-likeness (QED) is 0.805. The van der Waals surface area contributed by atoms with Gasteiger partial charge in [-0.3, -0.25) is 4.79 Å². The molecule has 0 bridgehead atoms. The zero-order chi connectivity index (χ0) is 11.7. The van der Waals surface area contributed by atoms with E-state index in [1.165, 1.54) is 11.3 Å². The monoisotopic (exact) mass is 222 g/mol. The first-order valence-corrected chi connectivity index (χ1v) is 4.58. The number of aromatic nitrogens is 3. The summed E-state index contributed by atoms with van der Waals surface area (Å²) in [5.74, 6) is 0.0329. The molecule has 2 aromatic heterocycles. The van der Waals surface area contributed by atoms with E-state index in [2.05, 4.69) is 15.0 Å². The molecule has 0 radical (unpaired) electrons. The fourth-order valence-corrected chi connectivity index (χ4v) is 1.39. The number of rotatable bonds is 3. The van der Waals surface area contributed by atoms with Crippen molar-refractivity contribution >= 4 is 23.0 Å². The van der Waals surface area contributed by atoms with E-state index in [1.807, 2.05) is 0 Å². The maximum absolute atomic E-state index is 10.6. The van der Waals surface area contributed by atoms with E-state index in [4.69, 9.17) is 9.52 Å². The number of nitrogens with zero attached hydrogens (tertiary/aromatic N) is 4. The molecule has 0 aromatic carbocycles. The van der Waals surface area contributed by atoms with Crippen LogP contribution >= 0.6 is 0 Å². The summed E-state index contributed by atoms with van der Waals surface area (Å²) in [6, 6.07) is 0. The summed E-state index contributed by atoms with van der Waals surface area (Å²) in [5, 5.41) is 8.71. The maximum Gasteiger partial charge on any atom is 0.323 e. The van der Waals surface area contributed by atoms with Crippen LogP contribution in [0.1, 0.15) is 5.82 Å². The lowest BCUT2D eigenvalue weighted by atomic mass is 10.4.